The lowest BCUT2D eigenvalue weighted by molar-refractivity contribution is 0.0694. The van der Waals surface area contributed by atoms with Crippen LogP contribution in [0.15, 0.2) is 40.1 Å². The summed E-state index contributed by atoms with van der Waals surface area (Å²) in [5.74, 6) is -1.40. The van der Waals surface area contributed by atoms with Crippen molar-refractivity contribution in [3.8, 4) is 5.69 Å². The molecule has 7 heteroatoms. The van der Waals surface area contributed by atoms with Gasteiger partial charge in [0.25, 0.3) is 5.56 Å². The molecule has 2 N–H and O–H groups in total. The van der Waals surface area contributed by atoms with Crippen molar-refractivity contribution in [2.75, 3.05) is 7.11 Å². The van der Waals surface area contributed by atoms with Gasteiger partial charge in [-0.3, -0.25) is 14.3 Å². The molecule has 1 heterocycles. The molecule has 0 saturated carbocycles. The third-order valence-corrected chi connectivity index (χ3v) is 2.72. The Morgan fingerprint density at radius 3 is 2.70 bits per heavy atom. The fraction of sp³-hybridized carbons (Fsp3) is 0.154. The first-order chi connectivity index (χ1) is 9.54. The van der Waals surface area contributed by atoms with Crippen LogP contribution in [0.25, 0.3) is 5.69 Å². The van der Waals surface area contributed by atoms with Gasteiger partial charge < -0.3 is 9.84 Å². The first-order valence-electron chi connectivity index (χ1n) is 5.71. The molecule has 0 aliphatic carbocycles. The molecule has 0 amide bonds. The lowest BCUT2D eigenvalue weighted by Gasteiger charge is -2.11. The quantitative estimate of drug-likeness (QED) is 0.840. The van der Waals surface area contributed by atoms with Gasteiger partial charge in [-0.25, -0.2) is 9.59 Å². The second-order valence-corrected chi connectivity index (χ2v) is 4.04. The monoisotopic (exact) mass is 276 g/mol. The average Bonchev–Trinajstić information content (AvgIpc) is 2.40. The molecule has 0 atom stereocenters. The lowest BCUT2D eigenvalue weighted by atomic mass is 10.2. The van der Waals surface area contributed by atoms with E-state index in [2.05, 4.69) is 0 Å². The molecule has 0 fully saturated rings. The molecule has 0 saturated heterocycles. The number of hydrogen-bond acceptors (Lipinski definition) is 4. The Balaban J connectivity index is 2.70. The minimum atomic E-state index is -1.40. The van der Waals surface area contributed by atoms with Crippen molar-refractivity contribution < 1.29 is 14.6 Å². The Morgan fingerprint density at radius 1 is 1.35 bits per heavy atom. The number of aromatic amines is 1. The van der Waals surface area contributed by atoms with Crippen LogP contribution in [-0.2, 0) is 11.3 Å². The summed E-state index contributed by atoms with van der Waals surface area (Å²) in [6.07, 6.45) is 1.01. The van der Waals surface area contributed by atoms with Gasteiger partial charge in [-0.1, -0.05) is 18.2 Å². The minimum Gasteiger partial charge on any atom is -0.477 e. The van der Waals surface area contributed by atoms with Gasteiger partial charge >= 0.3 is 11.7 Å². The second kappa shape index (κ2) is 5.54. The molecule has 1 aromatic carbocycles. The van der Waals surface area contributed by atoms with Crippen molar-refractivity contribution in [3.05, 3.63) is 62.4 Å². The van der Waals surface area contributed by atoms with Crippen LogP contribution in [-0.4, -0.2) is 27.7 Å². The summed E-state index contributed by atoms with van der Waals surface area (Å²) in [5, 5.41) is 8.94. The van der Waals surface area contributed by atoms with Crippen molar-refractivity contribution in [3.63, 3.8) is 0 Å². The molecule has 2 rings (SSSR count). The highest BCUT2D eigenvalue weighted by Crippen LogP contribution is 2.13. The maximum Gasteiger partial charge on any atom is 0.342 e. The van der Waals surface area contributed by atoms with E-state index in [1.807, 2.05) is 4.98 Å². The molecule has 0 unspecified atom stereocenters. The fourth-order valence-electron chi connectivity index (χ4n) is 1.83. The Labute approximate surface area is 113 Å². The van der Waals surface area contributed by atoms with Crippen molar-refractivity contribution in [1.82, 2.24) is 9.55 Å². The number of carboxylic acid groups (broad SMARTS) is 1. The van der Waals surface area contributed by atoms with Gasteiger partial charge in [-0.2, -0.15) is 0 Å². The largest absolute Gasteiger partial charge is 0.477 e. The Kier molecular flexibility index (Phi) is 3.81. The smallest absolute Gasteiger partial charge is 0.342 e. The first kappa shape index (κ1) is 13.8. The highest BCUT2D eigenvalue weighted by atomic mass is 16.5. The normalized spacial score (nSPS) is 10.4. The van der Waals surface area contributed by atoms with Gasteiger partial charge in [0, 0.05) is 18.9 Å². The van der Waals surface area contributed by atoms with E-state index >= 15 is 0 Å². The van der Waals surface area contributed by atoms with Crippen LogP contribution in [0.3, 0.4) is 0 Å². The number of nitrogens with zero attached hydrogens (tertiary/aromatic N) is 1. The van der Waals surface area contributed by atoms with Gasteiger partial charge in [-0.15, -0.1) is 0 Å². The number of benzene rings is 1. The van der Waals surface area contributed by atoms with Crippen LogP contribution in [0, 0.1) is 0 Å². The number of rotatable bonds is 4. The summed E-state index contributed by atoms with van der Waals surface area (Å²) >= 11 is 0. The number of nitrogens with one attached hydrogen (secondary N) is 1. The van der Waals surface area contributed by atoms with Crippen molar-refractivity contribution in [2.45, 2.75) is 6.61 Å². The first-order valence-corrected chi connectivity index (χ1v) is 5.71. The van der Waals surface area contributed by atoms with Crippen LogP contribution in [0.4, 0.5) is 0 Å². The number of H-pyrrole nitrogens is 1. The fourth-order valence-corrected chi connectivity index (χ4v) is 1.83. The number of aromatic nitrogens is 2. The topological polar surface area (TPSA) is 101 Å². The van der Waals surface area contributed by atoms with Gasteiger partial charge in [-0.05, 0) is 6.07 Å². The third-order valence-electron chi connectivity index (χ3n) is 2.72. The highest BCUT2D eigenvalue weighted by Gasteiger charge is 2.13. The van der Waals surface area contributed by atoms with E-state index in [1.165, 1.54) is 7.11 Å². The van der Waals surface area contributed by atoms with Gasteiger partial charge in [0.05, 0.1) is 12.3 Å². The zero-order valence-electron chi connectivity index (χ0n) is 10.6. The number of ether oxygens (including phenoxy) is 1. The van der Waals surface area contributed by atoms with E-state index in [1.54, 1.807) is 24.3 Å². The standard InChI is InChI=1S/C13H12N2O5/c1-20-7-8-4-2-3-5-10(8)15-6-9(12(17)18)11(16)14-13(15)19/h2-6H,7H2,1H3,(H,17,18)(H,14,16,19). The molecule has 104 valence electrons. The molecule has 0 aliphatic heterocycles. The zero-order valence-corrected chi connectivity index (χ0v) is 10.6. The van der Waals surface area contributed by atoms with Crippen LogP contribution >= 0.6 is 0 Å². The Hall–Kier alpha value is -2.67. The van der Waals surface area contributed by atoms with E-state index in [0.717, 1.165) is 10.8 Å². The van der Waals surface area contributed by atoms with Gasteiger partial charge in [0.2, 0.25) is 0 Å². The van der Waals surface area contributed by atoms with Crippen LogP contribution < -0.4 is 11.2 Å². The number of carbonyl (C=O) groups is 1. The lowest BCUT2D eigenvalue weighted by Crippen LogP contribution is -2.32. The molecule has 2 aromatic rings. The summed E-state index contributed by atoms with van der Waals surface area (Å²) in [6.45, 7) is 0.254. The molecular weight excluding hydrogens is 264 g/mol. The van der Waals surface area contributed by atoms with E-state index in [-0.39, 0.29) is 6.61 Å². The van der Waals surface area contributed by atoms with Crippen LogP contribution in [0.2, 0.25) is 0 Å². The molecule has 0 radical (unpaired) electrons. The van der Waals surface area contributed by atoms with E-state index in [4.69, 9.17) is 9.84 Å². The van der Waals surface area contributed by atoms with Crippen LogP contribution in [0.5, 0.6) is 0 Å². The molecule has 1 aromatic heterocycles. The summed E-state index contributed by atoms with van der Waals surface area (Å²) in [6, 6.07) is 6.86. The summed E-state index contributed by atoms with van der Waals surface area (Å²) in [7, 11) is 1.51. The van der Waals surface area contributed by atoms with E-state index in [9.17, 15) is 14.4 Å². The maximum atomic E-state index is 11.8. The molecule has 0 bridgehead atoms. The number of methoxy groups -OCH3 is 1. The predicted molar refractivity (Wildman–Crippen MR) is 70.3 cm³/mol. The second-order valence-electron chi connectivity index (χ2n) is 4.04. The number of carboxylic acids is 1. The highest BCUT2D eigenvalue weighted by molar-refractivity contribution is 5.86. The summed E-state index contributed by atoms with van der Waals surface area (Å²) < 4.78 is 6.11. The summed E-state index contributed by atoms with van der Waals surface area (Å²) in [5.41, 5.74) is -0.984. The average molecular weight is 276 g/mol. The van der Waals surface area contributed by atoms with Crippen molar-refractivity contribution in [2.24, 2.45) is 0 Å². The van der Waals surface area contributed by atoms with Gasteiger partial charge in [0.15, 0.2) is 0 Å². The summed E-state index contributed by atoms with van der Waals surface area (Å²) in [4.78, 5) is 36.2. The number of para-hydroxylation sites is 1. The Morgan fingerprint density at radius 2 is 2.05 bits per heavy atom. The molecule has 20 heavy (non-hydrogen) atoms. The molecule has 0 aliphatic rings. The third kappa shape index (κ3) is 2.52. The number of aromatic carboxylic acids is 1. The molecule has 7 nitrogen and oxygen atoms in total. The maximum absolute atomic E-state index is 11.8. The number of hydrogen-bond donors (Lipinski definition) is 2. The minimum absolute atomic E-state index is 0.254. The predicted octanol–water partition coefficient (Wildman–Crippen LogP) is 0.370. The van der Waals surface area contributed by atoms with E-state index < -0.39 is 22.8 Å². The zero-order chi connectivity index (χ0) is 14.7. The SMILES string of the molecule is COCc1ccccc1-n1cc(C(=O)O)c(=O)[nH]c1=O. The van der Waals surface area contributed by atoms with Crippen LogP contribution in [0.1, 0.15) is 15.9 Å². The van der Waals surface area contributed by atoms with Crippen molar-refractivity contribution in [1.29, 1.82) is 0 Å². The van der Waals surface area contributed by atoms with Crippen molar-refractivity contribution >= 4 is 5.97 Å². The van der Waals surface area contributed by atoms with E-state index in [0.29, 0.717) is 11.3 Å². The Bertz CT molecular complexity index is 760. The molecule has 0 spiro atoms. The van der Waals surface area contributed by atoms with Gasteiger partial charge in [0.1, 0.15) is 5.56 Å². The molecular formula is C13H12N2O5.